The van der Waals surface area contributed by atoms with Crippen LogP contribution in [0.15, 0.2) is 77.8 Å². The van der Waals surface area contributed by atoms with Crippen molar-refractivity contribution < 1.29 is 23.4 Å². The van der Waals surface area contributed by atoms with Gasteiger partial charge in [-0.15, -0.1) is 0 Å². The molecule has 10 heteroatoms. The summed E-state index contributed by atoms with van der Waals surface area (Å²) in [6.07, 6.45) is 1.44. The number of phenolic OH excluding ortho intramolecular Hbond substituents is 2. The van der Waals surface area contributed by atoms with Crippen molar-refractivity contribution in [2.45, 2.75) is 11.4 Å². The van der Waals surface area contributed by atoms with Crippen molar-refractivity contribution in [3.05, 3.63) is 83.5 Å². The number of para-hydroxylation sites is 1. The van der Waals surface area contributed by atoms with Crippen molar-refractivity contribution >= 4 is 21.6 Å². The number of nitrogens with zero attached hydrogens (tertiary/aromatic N) is 1. The first-order chi connectivity index (χ1) is 15.3. The first kappa shape index (κ1) is 21.7. The topological polar surface area (TPSA) is 125 Å². The Morgan fingerprint density at radius 3 is 2.44 bits per heavy atom. The first-order valence-electron chi connectivity index (χ1n) is 9.41. The van der Waals surface area contributed by atoms with Crippen molar-refractivity contribution in [2.24, 2.45) is 0 Å². The molecule has 0 unspecified atom stereocenters. The smallest absolute Gasteiger partial charge is 0.244 e. The van der Waals surface area contributed by atoms with Crippen molar-refractivity contribution in [1.29, 1.82) is 0 Å². The summed E-state index contributed by atoms with van der Waals surface area (Å²) >= 11 is 6.14. The fourth-order valence-electron chi connectivity index (χ4n) is 3.01. The van der Waals surface area contributed by atoms with E-state index in [2.05, 4.69) is 14.9 Å². The van der Waals surface area contributed by atoms with Crippen molar-refractivity contribution in [2.75, 3.05) is 0 Å². The van der Waals surface area contributed by atoms with Crippen LogP contribution in [0.3, 0.4) is 0 Å². The number of hydrogen-bond acceptors (Lipinski definition) is 6. The monoisotopic (exact) mass is 471 g/mol. The van der Waals surface area contributed by atoms with Crippen LogP contribution in [0.2, 0.25) is 5.02 Å². The molecule has 4 aromatic rings. The van der Waals surface area contributed by atoms with Crippen LogP contribution in [0.5, 0.6) is 23.0 Å². The van der Waals surface area contributed by atoms with Gasteiger partial charge in [0.2, 0.25) is 10.0 Å². The predicted molar refractivity (Wildman–Crippen MR) is 119 cm³/mol. The summed E-state index contributed by atoms with van der Waals surface area (Å²) in [5.41, 5.74) is 0.936. The normalized spacial score (nSPS) is 11.4. The third kappa shape index (κ3) is 4.54. The number of phenols is 2. The number of aromatic amines is 1. The maximum absolute atomic E-state index is 12.9. The predicted octanol–water partition coefficient (Wildman–Crippen LogP) is 4.41. The molecule has 0 spiro atoms. The van der Waals surface area contributed by atoms with Crippen LogP contribution in [-0.2, 0) is 16.6 Å². The van der Waals surface area contributed by atoms with Crippen molar-refractivity contribution in [3.63, 3.8) is 0 Å². The molecule has 0 saturated heterocycles. The number of hydrogen-bond donors (Lipinski definition) is 4. The fourth-order valence-corrected chi connectivity index (χ4v) is 4.30. The molecule has 0 fully saturated rings. The number of aromatic nitrogens is 2. The lowest BCUT2D eigenvalue weighted by Crippen LogP contribution is -2.23. The molecular formula is C22H18ClN3O5S. The van der Waals surface area contributed by atoms with Crippen molar-refractivity contribution in [1.82, 2.24) is 14.9 Å². The molecule has 0 aliphatic rings. The lowest BCUT2D eigenvalue weighted by atomic mass is 10.1. The van der Waals surface area contributed by atoms with Gasteiger partial charge in [0, 0.05) is 18.2 Å². The molecule has 0 bridgehead atoms. The van der Waals surface area contributed by atoms with E-state index in [-0.39, 0.29) is 29.3 Å². The molecule has 0 amide bonds. The minimum Gasteiger partial charge on any atom is -0.507 e. The number of halogens is 1. The molecule has 164 valence electrons. The molecule has 4 N–H and O–H groups in total. The summed E-state index contributed by atoms with van der Waals surface area (Å²) in [6.45, 7) is 0.0299. The third-order valence-corrected chi connectivity index (χ3v) is 6.34. The van der Waals surface area contributed by atoms with Crippen LogP contribution >= 0.6 is 11.6 Å². The largest absolute Gasteiger partial charge is 0.507 e. The molecule has 8 nitrogen and oxygen atoms in total. The van der Waals surface area contributed by atoms with Gasteiger partial charge in [0.25, 0.3) is 0 Å². The highest BCUT2D eigenvalue weighted by molar-refractivity contribution is 7.89. The number of H-pyrrole nitrogens is 1. The molecule has 0 saturated carbocycles. The summed E-state index contributed by atoms with van der Waals surface area (Å²) in [4.78, 5) is -0.409. The van der Waals surface area contributed by atoms with E-state index in [1.807, 2.05) is 6.07 Å². The first-order valence-corrected chi connectivity index (χ1v) is 11.3. The van der Waals surface area contributed by atoms with E-state index in [0.29, 0.717) is 10.8 Å². The van der Waals surface area contributed by atoms with E-state index >= 15 is 0 Å². The third-order valence-electron chi connectivity index (χ3n) is 4.59. The van der Waals surface area contributed by atoms with Crippen molar-refractivity contribution in [3.8, 4) is 34.3 Å². The summed E-state index contributed by atoms with van der Waals surface area (Å²) < 4.78 is 33.9. The molecule has 1 heterocycles. The molecular weight excluding hydrogens is 454 g/mol. The zero-order chi connectivity index (χ0) is 22.7. The molecule has 0 aliphatic heterocycles. The standard InChI is InChI=1S/C22H18ClN3O5S/c23-16-8-4-5-9-19(16)31-20-13-24-26-22(20)15-10-21(18(28)11-17(15)27)32(29,30)25-12-14-6-2-1-3-7-14/h1-11,13,25,27-28H,12H2,(H,24,26). The maximum atomic E-state index is 12.9. The van der Waals surface area contributed by atoms with Gasteiger partial charge in [-0.05, 0) is 23.8 Å². The van der Waals surface area contributed by atoms with Crippen LogP contribution in [0.25, 0.3) is 11.3 Å². The van der Waals surface area contributed by atoms with E-state index in [4.69, 9.17) is 16.3 Å². The Kier molecular flexibility index (Phi) is 6.04. The minimum absolute atomic E-state index is 0.0299. The number of ether oxygens (including phenoxy) is 1. The van der Waals surface area contributed by atoms with Gasteiger partial charge in [-0.2, -0.15) is 5.10 Å². The van der Waals surface area contributed by atoms with Gasteiger partial charge < -0.3 is 14.9 Å². The van der Waals surface area contributed by atoms with Gasteiger partial charge in [0.1, 0.15) is 27.8 Å². The number of aromatic hydroxyl groups is 2. The number of nitrogens with one attached hydrogen (secondary N) is 2. The summed E-state index contributed by atoms with van der Waals surface area (Å²) in [5, 5.41) is 27.7. The Bertz CT molecular complexity index is 1360. The lowest BCUT2D eigenvalue weighted by molar-refractivity contribution is 0.439. The quantitative estimate of drug-likeness (QED) is 0.316. The van der Waals surface area contributed by atoms with E-state index < -0.39 is 20.7 Å². The zero-order valence-electron chi connectivity index (χ0n) is 16.5. The average Bonchev–Trinajstić information content (AvgIpc) is 3.22. The van der Waals surface area contributed by atoms with Crippen LogP contribution in [0, 0.1) is 0 Å². The Morgan fingerprint density at radius 1 is 0.969 bits per heavy atom. The molecule has 0 aliphatic carbocycles. The molecule has 3 aromatic carbocycles. The van der Waals surface area contributed by atoms with Gasteiger partial charge in [0.05, 0.1) is 11.2 Å². The van der Waals surface area contributed by atoms with Gasteiger partial charge in [-0.3, -0.25) is 5.10 Å². The van der Waals surface area contributed by atoms with E-state index in [0.717, 1.165) is 17.7 Å². The van der Waals surface area contributed by atoms with Crippen LogP contribution < -0.4 is 9.46 Å². The second-order valence-electron chi connectivity index (χ2n) is 6.78. The summed E-state index contributed by atoms with van der Waals surface area (Å²) in [5.74, 6) is -0.413. The highest BCUT2D eigenvalue weighted by atomic mass is 35.5. The van der Waals surface area contributed by atoms with Gasteiger partial charge in [-0.1, -0.05) is 54.1 Å². The highest BCUT2D eigenvalue weighted by Gasteiger charge is 2.24. The number of sulfonamides is 1. The second-order valence-corrected chi connectivity index (χ2v) is 8.92. The fraction of sp³-hybridized carbons (Fsp3) is 0.0455. The summed E-state index contributed by atoms with van der Waals surface area (Å²) in [7, 11) is -4.11. The summed E-state index contributed by atoms with van der Waals surface area (Å²) in [6, 6.07) is 17.8. The Hall–Kier alpha value is -3.53. The van der Waals surface area contributed by atoms with Gasteiger partial charge in [-0.25, -0.2) is 13.1 Å². The zero-order valence-corrected chi connectivity index (χ0v) is 18.1. The Morgan fingerprint density at radius 2 is 1.69 bits per heavy atom. The maximum Gasteiger partial charge on any atom is 0.244 e. The molecule has 4 rings (SSSR count). The van der Waals surface area contributed by atoms with Crippen LogP contribution in [-0.4, -0.2) is 28.8 Å². The van der Waals surface area contributed by atoms with E-state index in [9.17, 15) is 18.6 Å². The lowest BCUT2D eigenvalue weighted by Gasteiger charge is -2.12. The van der Waals surface area contributed by atoms with Crippen LogP contribution in [0.4, 0.5) is 0 Å². The average molecular weight is 472 g/mol. The van der Waals surface area contributed by atoms with Gasteiger partial charge >= 0.3 is 0 Å². The Labute approximate surface area is 189 Å². The van der Waals surface area contributed by atoms with Gasteiger partial charge in [0.15, 0.2) is 5.75 Å². The van der Waals surface area contributed by atoms with E-state index in [1.165, 1.54) is 6.20 Å². The number of rotatable bonds is 7. The molecule has 0 radical (unpaired) electrons. The second kappa shape index (κ2) is 8.91. The molecule has 0 atom stereocenters. The number of benzene rings is 3. The molecule has 32 heavy (non-hydrogen) atoms. The minimum atomic E-state index is -4.11. The Balaban J connectivity index is 1.68. The SMILES string of the molecule is O=S(=O)(NCc1ccccc1)c1cc(-c2n[nH]cc2Oc2ccccc2Cl)c(O)cc1O. The van der Waals surface area contributed by atoms with Crippen LogP contribution in [0.1, 0.15) is 5.56 Å². The van der Waals surface area contributed by atoms with E-state index in [1.54, 1.807) is 48.5 Å². The highest BCUT2D eigenvalue weighted by Crippen LogP contribution is 2.41. The molecule has 1 aromatic heterocycles.